The zero-order chi connectivity index (χ0) is 11.3. The lowest BCUT2D eigenvalue weighted by atomic mass is 10.0. The van der Waals surface area contributed by atoms with Crippen LogP contribution in [0.2, 0.25) is 5.02 Å². The quantitative estimate of drug-likeness (QED) is 0.808. The number of halogens is 1. The fourth-order valence-electron chi connectivity index (χ4n) is 1.47. The molecule has 0 bridgehead atoms. The molecule has 0 spiro atoms. The molecule has 84 valence electrons. The summed E-state index contributed by atoms with van der Waals surface area (Å²) < 4.78 is 5.06. The second kappa shape index (κ2) is 6.08. The van der Waals surface area contributed by atoms with Crippen LogP contribution in [-0.2, 0) is 11.3 Å². The molecular formula is C11H16ClNO2. The van der Waals surface area contributed by atoms with E-state index in [2.05, 4.69) is 5.32 Å². The minimum absolute atomic E-state index is 0.479. The Morgan fingerprint density at radius 1 is 1.53 bits per heavy atom. The maximum absolute atomic E-state index is 9.88. The molecule has 1 aromatic rings. The molecule has 0 aliphatic rings. The Hall–Kier alpha value is -0.610. The molecule has 0 heterocycles. The van der Waals surface area contributed by atoms with Crippen LogP contribution in [0.25, 0.3) is 0 Å². The number of likely N-dealkylation sites (N-methyl/N-ethyl adjacent to an activating group) is 1. The highest BCUT2D eigenvalue weighted by Crippen LogP contribution is 2.22. The fourth-order valence-corrected chi connectivity index (χ4v) is 1.65. The molecule has 0 amide bonds. The Labute approximate surface area is 95.0 Å². The Kier molecular flexibility index (Phi) is 5.05. The molecule has 1 atom stereocenters. The Morgan fingerprint density at radius 2 is 2.27 bits per heavy atom. The molecule has 0 saturated carbocycles. The first-order valence-corrected chi connectivity index (χ1v) is 5.16. The lowest BCUT2D eigenvalue weighted by molar-refractivity contribution is 0.161. The number of hydrogen-bond donors (Lipinski definition) is 2. The third-order valence-electron chi connectivity index (χ3n) is 2.16. The third-order valence-corrected chi connectivity index (χ3v) is 2.40. The van der Waals surface area contributed by atoms with Gasteiger partial charge in [-0.2, -0.15) is 0 Å². The van der Waals surface area contributed by atoms with Crippen molar-refractivity contribution in [2.45, 2.75) is 12.7 Å². The number of benzene rings is 1. The summed E-state index contributed by atoms with van der Waals surface area (Å²) in [7, 11) is 3.42. The average Bonchev–Trinajstić information content (AvgIpc) is 2.21. The molecule has 1 rings (SSSR count). The van der Waals surface area contributed by atoms with Gasteiger partial charge in [-0.1, -0.05) is 17.7 Å². The molecule has 1 aromatic carbocycles. The van der Waals surface area contributed by atoms with Gasteiger partial charge in [-0.05, 0) is 30.3 Å². The molecule has 0 fully saturated rings. The first-order valence-electron chi connectivity index (χ1n) is 4.79. The van der Waals surface area contributed by atoms with Crippen molar-refractivity contribution in [3.05, 3.63) is 34.3 Å². The van der Waals surface area contributed by atoms with E-state index in [1.807, 2.05) is 6.07 Å². The molecule has 2 N–H and O–H groups in total. The van der Waals surface area contributed by atoms with Gasteiger partial charge in [-0.15, -0.1) is 0 Å². The minimum atomic E-state index is -0.557. The number of methoxy groups -OCH3 is 1. The smallest absolute Gasteiger partial charge is 0.0918 e. The Bertz CT molecular complexity index is 317. The number of ether oxygens (including phenoxy) is 1. The summed E-state index contributed by atoms with van der Waals surface area (Å²) in [5.41, 5.74) is 1.78. The minimum Gasteiger partial charge on any atom is -0.387 e. The molecular weight excluding hydrogens is 214 g/mol. The molecule has 0 aliphatic carbocycles. The Morgan fingerprint density at radius 3 is 2.87 bits per heavy atom. The summed E-state index contributed by atoms with van der Waals surface area (Å²) in [6.07, 6.45) is -0.557. The first-order chi connectivity index (χ1) is 7.19. The van der Waals surface area contributed by atoms with Crippen molar-refractivity contribution in [3.63, 3.8) is 0 Å². The lowest BCUT2D eigenvalue weighted by Crippen LogP contribution is -2.18. The summed E-state index contributed by atoms with van der Waals surface area (Å²) in [4.78, 5) is 0. The topological polar surface area (TPSA) is 41.5 Å². The van der Waals surface area contributed by atoms with Crippen molar-refractivity contribution in [3.8, 4) is 0 Å². The van der Waals surface area contributed by atoms with Gasteiger partial charge in [0.15, 0.2) is 0 Å². The predicted molar refractivity (Wildman–Crippen MR) is 61.1 cm³/mol. The predicted octanol–water partition coefficient (Wildman–Crippen LogP) is 1.74. The van der Waals surface area contributed by atoms with Crippen molar-refractivity contribution in [1.82, 2.24) is 5.32 Å². The average molecular weight is 230 g/mol. The zero-order valence-corrected chi connectivity index (χ0v) is 9.71. The molecule has 0 saturated heterocycles. The monoisotopic (exact) mass is 229 g/mol. The maximum Gasteiger partial charge on any atom is 0.0918 e. The van der Waals surface area contributed by atoms with Crippen LogP contribution in [0, 0.1) is 0 Å². The van der Waals surface area contributed by atoms with E-state index in [4.69, 9.17) is 16.3 Å². The fraction of sp³-hybridized carbons (Fsp3) is 0.455. The highest BCUT2D eigenvalue weighted by atomic mass is 35.5. The molecule has 4 heteroatoms. The van der Waals surface area contributed by atoms with E-state index >= 15 is 0 Å². The van der Waals surface area contributed by atoms with E-state index < -0.39 is 6.10 Å². The lowest BCUT2D eigenvalue weighted by Gasteiger charge is -2.15. The molecule has 3 nitrogen and oxygen atoms in total. The highest BCUT2D eigenvalue weighted by Gasteiger charge is 2.11. The number of hydrogen-bond acceptors (Lipinski definition) is 3. The second-order valence-electron chi connectivity index (χ2n) is 3.35. The van der Waals surface area contributed by atoms with Crippen LogP contribution in [0.3, 0.4) is 0 Å². The SMILES string of the molecule is CNCC(O)c1cc(Cl)ccc1COC. The van der Waals surface area contributed by atoms with Crippen LogP contribution in [-0.4, -0.2) is 25.8 Å². The van der Waals surface area contributed by atoms with Crippen LogP contribution < -0.4 is 5.32 Å². The van der Waals surface area contributed by atoms with Gasteiger partial charge in [-0.3, -0.25) is 0 Å². The third kappa shape index (κ3) is 3.47. The van der Waals surface area contributed by atoms with Gasteiger partial charge < -0.3 is 15.2 Å². The second-order valence-corrected chi connectivity index (χ2v) is 3.79. The van der Waals surface area contributed by atoms with Crippen LogP contribution >= 0.6 is 11.6 Å². The van der Waals surface area contributed by atoms with Gasteiger partial charge >= 0.3 is 0 Å². The van der Waals surface area contributed by atoms with Gasteiger partial charge in [0, 0.05) is 18.7 Å². The summed E-state index contributed by atoms with van der Waals surface area (Å²) >= 11 is 5.89. The van der Waals surface area contributed by atoms with Crippen LogP contribution in [0.1, 0.15) is 17.2 Å². The maximum atomic E-state index is 9.88. The van der Waals surface area contributed by atoms with Crippen LogP contribution in [0.15, 0.2) is 18.2 Å². The van der Waals surface area contributed by atoms with E-state index in [9.17, 15) is 5.11 Å². The van der Waals surface area contributed by atoms with Crippen LogP contribution in [0.4, 0.5) is 0 Å². The van der Waals surface area contributed by atoms with Crippen molar-refractivity contribution >= 4 is 11.6 Å². The van der Waals surface area contributed by atoms with Crippen LogP contribution in [0.5, 0.6) is 0 Å². The number of aliphatic hydroxyl groups excluding tert-OH is 1. The van der Waals surface area contributed by atoms with Crippen molar-refractivity contribution in [1.29, 1.82) is 0 Å². The van der Waals surface area contributed by atoms with Gasteiger partial charge in [-0.25, -0.2) is 0 Å². The van der Waals surface area contributed by atoms with E-state index in [0.717, 1.165) is 11.1 Å². The molecule has 0 aliphatic heterocycles. The van der Waals surface area contributed by atoms with Gasteiger partial charge in [0.25, 0.3) is 0 Å². The zero-order valence-electron chi connectivity index (χ0n) is 8.96. The Balaban J connectivity index is 2.95. The molecule has 15 heavy (non-hydrogen) atoms. The van der Waals surface area contributed by atoms with Gasteiger partial charge in [0.05, 0.1) is 12.7 Å². The molecule has 0 radical (unpaired) electrons. The number of aliphatic hydroxyl groups is 1. The van der Waals surface area contributed by atoms with Crippen molar-refractivity contribution in [2.75, 3.05) is 20.7 Å². The van der Waals surface area contributed by atoms with E-state index in [0.29, 0.717) is 18.2 Å². The summed E-state index contributed by atoms with van der Waals surface area (Å²) in [6.45, 7) is 0.977. The first kappa shape index (κ1) is 12.5. The van der Waals surface area contributed by atoms with E-state index in [1.54, 1.807) is 26.3 Å². The van der Waals surface area contributed by atoms with Crippen molar-refractivity contribution < 1.29 is 9.84 Å². The normalized spacial score (nSPS) is 12.8. The highest BCUT2D eigenvalue weighted by molar-refractivity contribution is 6.30. The standard InChI is InChI=1S/C11H16ClNO2/c1-13-6-11(14)10-5-9(12)4-3-8(10)7-15-2/h3-5,11,13-14H,6-7H2,1-2H3. The summed E-state index contributed by atoms with van der Waals surface area (Å²) in [5, 5.41) is 13.4. The molecule has 1 unspecified atom stereocenters. The van der Waals surface area contributed by atoms with E-state index in [-0.39, 0.29) is 0 Å². The largest absolute Gasteiger partial charge is 0.387 e. The number of nitrogens with one attached hydrogen (secondary N) is 1. The van der Waals surface area contributed by atoms with E-state index in [1.165, 1.54) is 0 Å². The summed E-state index contributed by atoms with van der Waals surface area (Å²) in [5.74, 6) is 0. The van der Waals surface area contributed by atoms with Crippen molar-refractivity contribution in [2.24, 2.45) is 0 Å². The number of rotatable bonds is 5. The van der Waals surface area contributed by atoms with Gasteiger partial charge in [0.1, 0.15) is 0 Å². The molecule has 0 aromatic heterocycles. The van der Waals surface area contributed by atoms with Gasteiger partial charge in [0.2, 0.25) is 0 Å². The summed E-state index contributed by atoms with van der Waals surface area (Å²) in [6, 6.07) is 5.45.